The van der Waals surface area contributed by atoms with Gasteiger partial charge in [-0.3, -0.25) is 19.3 Å². The average Bonchev–Trinajstić information content (AvgIpc) is 3.43. The van der Waals surface area contributed by atoms with E-state index in [4.69, 9.17) is 9.47 Å². The van der Waals surface area contributed by atoms with Crippen LogP contribution in [-0.4, -0.2) is 46.0 Å². The summed E-state index contributed by atoms with van der Waals surface area (Å²) in [5.74, 6) is 0.495. The van der Waals surface area contributed by atoms with Crippen molar-refractivity contribution in [3.05, 3.63) is 48.0 Å². The molecule has 4 rings (SSSR count). The number of amidine groups is 1. The molecule has 0 saturated heterocycles. The molecule has 0 unspecified atom stereocenters. The van der Waals surface area contributed by atoms with E-state index in [1.165, 1.54) is 24.3 Å². The van der Waals surface area contributed by atoms with E-state index in [-0.39, 0.29) is 18.2 Å². The number of fused-ring (bicyclic) bond motifs is 1. The molecule has 2 amide bonds. The van der Waals surface area contributed by atoms with Crippen molar-refractivity contribution in [3.63, 3.8) is 0 Å². The maximum Gasteiger partial charge on any atom is 0.262 e. The Morgan fingerprint density at radius 1 is 1.06 bits per heavy atom. The zero-order valence-corrected chi connectivity index (χ0v) is 17.2. The maximum absolute atomic E-state index is 12.5. The highest BCUT2D eigenvalue weighted by atomic mass is 32.2. The number of rotatable bonds is 6. The molecule has 162 valence electrons. The quantitative estimate of drug-likeness (QED) is 0.614. The average molecular weight is 444 g/mol. The molecule has 0 saturated carbocycles. The minimum Gasteiger partial charge on any atom is -0.454 e. The second-order valence-corrected chi connectivity index (χ2v) is 8.55. The van der Waals surface area contributed by atoms with Crippen molar-refractivity contribution < 1.29 is 27.5 Å². The van der Waals surface area contributed by atoms with E-state index in [1.54, 1.807) is 18.2 Å². The van der Waals surface area contributed by atoms with Crippen LogP contribution in [-0.2, 0) is 14.8 Å². The van der Waals surface area contributed by atoms with Crippen molar-refractivity contribution in [3.8, 4) is 11.5 Å². The van der Waals surface area contributed by atoms with Crippen LogP contribution in [0.3, 0.4) is 0 Å². The summed E-state index contributed by atoms with van der Waals surface area (Å²) >= 11 is 0. The highest BCUT2D eigenvalue weighted by molar-refractivity contribution is 7.90. The lowest BCUT2D eigenvalue weighted by molar-refractivity contribution is -0.115. The van der Waals surface area contributed by atoms with Gasteiger partial charge in [0.25, 0.3) is 15.9 Å². The van der Waals surface area contributed by atoms with E-state index in [9.17, 15) is 18.0 Å². The van der Waals surface area contributed by atoms with Gasteiger partial charge >= 0.3 is 0 Å². The summed E-state index contributed by atoms with van der Waals surface area (Å²) in [6, 6.07) is 10.6. The predicted octanol–water partition coefficient (Wildman–Crippen LogP) is 1.25. The van der Waals surface area contributed by atoms with Gasteiger partial charge in [0.1, 0.15) is 5.84 Å². The third-order valence-electron chi connectivity index (χ3n) is 4.60. The summed E-state index contributed by atoms with van der Waals surface area (Å²) in [5, 5.41) is 5.09. The molecule has 31 heavy (non-hydrogen) atoms. The smallest absolute Gasteiger partial charge is 0.262 e. The largest absolute Gasteiger partial charge is 0.454 e. The second kappa shape index (κ2) is 8.64. The Morgan fingerprint density at radius 2 is 1.90 bits per heavy atom. The number of hydrogen-bond acceptors (Lipinski definition) is 7. The lowest BCUT2D eigenvalue weighted by atomic mass is 10.2. The number of sulfonamides is 1. The van der Waals surface area contributed by atoms with E-state index in [0.717, 1.165) is 6.42 Å². The third kappa shape index (κ3) is 4.94. The molecule has 0 fully saturated rings. The Hall–Kier alpha value is -3.60. The Labute approximate surface area is 178 Å². The minimum atomic E-state index is -3.79. The number of nitrogens with one attached hydrogen (secondary N) is 3. The second-order valence-electron chi connectivity index (χ2n) is 6.86. The van der Waals surface area contributed by atoms with E-state index in [1.807, 2.05) is 0 Å². The fraction of sp³-hybridized carbons (Fsp3) is 0.250. The lowest BCUT2D eigenvalue weighted by Crippen LogP contribution is -2.33. The molecule has 0 radical (unpaired) electrons. The number of anilines is 1. The first kappa shape index (κ1) is 20.7. The van der Waals surface area contributed by atoms with E-state index in [2.05, 4.69) is 20.3 Å². The summed E-state index contributed by atoms with van der Waals surface area (Å²) in [4.78, 5) is 28.6. The highest BCUT2D eigenvalue weighted by Crippen LogP contribution is 2.32. The number of carbonyl (C=O) groups excluding carboxylic acids is 2. The summed E-state index contributed by atoms with van der Waals surface area (Å²) < 4.78 is 37.9. The molecule has 0 atom stereocenters. The normalized spacial score (nSPS) is 14.6. The van der Waals surface area contributed by atoms with Gasteiger partial charge in [-0.05, 0) is 42.8 Å². The predicted molar refractivity (Wildman–Crippen MR) is 112 cm³/mol. The lowest BCUT2D eigenvalue weighted by Gasteiger charge is -2.10. The van der Waals surface area contributed by atoms with Crippen molar-refractivity contribution in [2.75, 3.05) is 25.2 Å². The number of nitrogens with zero attached hydrogens (tertiary/aromatic N) is 1. The Bertz CT molecular complexity index is 1160. The third-order valence-corrected chi connectivity index (χ3v) is 5.98. The molecule has 0 aliphatic carbocycles. The summed E-state index contributed by atoms with van der Waals surface area (Å²) in [5.41, 5.74) is 0.615. The van der Waals surface area contributed by atoms with Crippen LogP contribution < -0.4 is 24.8 Å². The molecule has 2 aromatic carbocycles. The van der Waals surface area contributed by atoms with E-state index in [0.29, 0.717) is 41.6 Å². The molecule has 2 aliphatic rings. The minimum absolute atomic E-state index is 0.00398. The van der Waals surface area contributed by atoms with Gasteiger partial charge in [0, 0.05) is 24.2 Å². The van der Waals surface area contributed by atoms with E-state index < -0.39 is 21.8 Å². The van der Waals surface area contributed by atoms with Crippen molar-refractivity contribution in [2.45, 2.75) is 17.7 Å². The summed E-state index contributed by atoms with van der Waals surface area (Å²) in [6.07, 6.45) is 1.39. The fourth-order valence-corrected chi connectivity index (χ4v) is 4.22. The van der Waals surface area contributed by atoms with Crippen LogP contribution in [0, 0.1) is 0 Å². The SMILES string of the molecule is O=C(CNC(=O)c1ccc2c(c1)OCO2)Nc1cccc(S(=O)(=O)NC2=NCCC2)c1. The first-order valence-electron chi connectivity index (χ1n) is 9.55. The van der Waals surface area contributed by atoms with Crippen molar-refractivity contribution >= 4 is 33.4 Å². The standard InChI is InChI=1S/C20H20N4O6S/c25-19(11-22-20(26)13-6-7-16-17(9-13)30-12-29-16)23-14-3-1-4-15(10-14)31(27,28)24-18-5-2-8-21-18/h1,3-4,6-7,9-10H,2,5,8,11-12H2,(H,21,24)(H,22,26)(H,23,25). The first-order chi connectivity index (χ1) is 14.9. The molecular formula is C20H20N4O6S. The number of aliphatic imine (C=N–C) groups is 1. The molecule has 2 heterocycles. The molecule has 0 bridgehead atoms. The van der Waals surface area contributed by atoms with Gasteiger partial charge < -0.3 is 20.1 Å². The van der Waals surface area contributed by atoms with Crippen LogP contribution in [0.25, 0.3) is 0 Å². The monoisotopic (exact) mass is 444 g/mol. The molecule has 3 N–H and O–H groups in total. The number of ether oxygens (including phenoxy) is 2. The fourth-order valence-electron chi connectivity index (χ4n) is 3.08. The Balaban J connectivity index is 1.34. The van der Waals surface area contributed by atoms with Gasteiger partial charge in [0.05, 0.1) is 11.4 Å². The van der Waals surface area contributed by atoms with Gasteiger partial charge in [-0.2, -0.15) is 0 Å². The number of carbonyl (C=O) groups is 2. The number of amides is 2. The van der Waals surface area contributed by atoms with Gasteiger partial charge in [0.2, 0.25) is 12.7 Å². The molecular weight excluding hydrogens is 424 g/mol. The van der Waals surface area contributed by atoms with Crippen molar-refractivity contribution in [2.24, 2.45) is 4.99 Å². The number of hydrogen-bond donors (Lipinski definition) is 3. The molecule has 0 spiro atoms. The van der Waals surface area contributed by atoms with Crippen LogP contribution >= 0.6 is 0 Å². The molecule has 0 aromatic heterocycles. The van der Waals surface area contributed by atoms with Gasteiger partial charge in [0.15, 0.2) is 11.5 Å². The van der Waals surface area contributed by atoms with Crippen LogP contribution in [0.15, 0.2) is 52.4 Å². The number of benzene rings is 2. The molecule has 10 nitrogen and oxygen atoms in total. The Morgan fingerprint density at radius 3 is 2.71 bits per heavy atom. The first-order valence-corrected chi connectivity index (χ1v) is 11.0. The molecule has 11 heteroatoms. The summed E-state index contributed by atoms with van der Waals surface area (Å²) in [6.45, 7) is 0.409. The van der Waals surface area contributed by atoms with Gasteiger partial charge in [-0.15, -0.1) is 0 Å². The van der Waals surface area contributed by atoms with Crippen molar-refractivity contribution in [1.29, 1.82) is 0 Å². The van der Waals surface area contributed by atoms with Crippen LogP contribution in [0.4, 0.5) is 5.69 Å². The topological polar surface area (TPSA) is 135 Å². The highest BCUT2D eigenvalue weighted by Gasteiger charge is 2.19. The molecule has 2 aliphatic heterocycles. The zero-order valence-electron chi connectivity index (χ0n) is 16.4. The van der Waals surface area contributed by atoms with Crippen LogP contribution in [0.2, 0.25) is 0 Å². The maximum atomic E-state index is 12.5. The van der Waals surface area contributed by atoms with E-state index >= 15 is 0 Å². The van der Waals surface area contributed by atoms with Crippen LogP contribution in [0.1, 0.15) is 23.2 Å². The Kier molecular flexibility index (Phi) is 5.76. The molecule has 2 aromatic rings. The van der Waals surface area contributed by atoms with Crippen molar-refractivity contribution in [1.82, 2.24) is 10.0 Å². The van der Waals surface area contributed by atoms with Gasteiger partial charge in [-0.25, -0.2) is 8.42 Å². The summed E-state index contributed by atoms with van der Waals surface area (Å²) in [7, 11) is -3.79. The van der Waals surface area contributed by atoms with Gasteiger partial charge in [-0.1, -0.05) is 6.07 Å². The van der Waals surface area contributed by atoms with Crippen LogP contribution in [0.5, 0.6) is 11.5 Å². The zero-order chi connectivity index (χ0) is 21.8.